The predicted molar refractivity (Wildman–Crippen MR) is 90.9 cm³/mol. The third kappa shape index (κ3) is 3.88. The molecule has 0 aromatic carbocycles. The van der Waals surface area contributed by atoms with Crippen molar-refractivity contribution in [3.63, 3.8) is 0 Å². The maximum atomic E-state index is 13.3. The Morgan fingerprint density at radius 2 is 1.92 bits per heavy atom. The first kappa shape index (κ1) is 18.8. The van der Waals surface area contributed by atoms with Crippen LogP contribution >= 0.6 is 0 Å². The summed E-state index contributed by atoms with van der Waals surface area (Å²) in [5.41, 5.74) is 0.519. The molecule has 1 N–H and O–H groups in total. The fourth-order valence-electron chi connectivity index (χ4n) is 3.34. The first-order chi connectivity index (χ1) is 12.1. The number of likely N-dealkylation sites (tertiary alicyclic amines) is 1. The van der Waals surface area contributed by atoms with Crippen molar-refractivity contribution in [1.29, 1.82) is 0 Å². The normalized spacial score (nSPS) is 23.4. The largest absolute Gasteiger partial charge is 0.338 e. The Kier molecular flexibility index (Phi) is 4.79. The van der Waals surface area contributed by atoms with Crippen LogP contribution in [-0.2, 0) is 15.0 Å². The SMILES string of the molecule is CC(C)(C)c1cc(NC(=O)C2CCN2C(=O)C2CCC(F)(F)CC2)on1. The van der Waals surface area contributed by atoms with Gasteiger partial charge in [0.05, 0.1) is 5.69 Å². The van der Waals surface area contributed by atoms with Gasteiger partial charge in [-0.3, -0.25) is 14.9 Å². The molecule has 26 heavy (non-hydrogen) atoms. The van der Waals surface area contributed by atoms with Crippen molar-refractivity contribution in [1.82, 2.24) is 10.1 Å². The maximum Gasteiger partial charge on any atom is 0.249 e. The zero-order valence-electron chi connectivity index (χ0n) is 15.3. The van der Waals surface area contributed by atoms with Gasteiger partial charge in [0, 0.05) is 36.8 Å². The molecule has 0 spiro atoms. The number of nitrogens with one attached hydrogen (secondary N) is 1. The zero-order chi connectivity index (χ0) is 19.1. The van der Waals surface area contributed by atoms with E-state index in [0.717, 1.165) is 5.69 Å². The van der Waals surface area contributed by atoms with E-state index in [2.05, 4.69) is 10.5 Å². The maximum absolute atomic E-state index is 13.3. The van der Waals surface area contributed by atoms with Crippen LogP contribution in [0.5, 0.6) is 0 Å². The third-order valence-corrected chi connectivity index (χ3v) is 5.20. The Hall–Kier alpha value is -1.99. The van der Waals surface area contributed by atoms with E-state index in [4.69, 9.17) is 4.52 Å². The molecule has 0 radical (unpaired) electrons. The summed E-state index contributed by atoms with van der Waals surface area (Å²) >= 11 is 0. The van der Waals surface area contributed by atoms with Gasteiger partial charge in [0.2, 0.25) is 23.6 Å². The monoisotopic (exact) mass is 369 g/mol. The molecular weight excluding hydrogens is 344 g/mol. The molecule has 0 bridgehead atoms. The van der Waals surface area contributed by atoms with Crippen molar-refractivity contribution in [2.24, 2.45) is 5.92 Å². The average molecular weight is 369 g/mol. The van der Waals surface area contributed by atoms with E-state index in [9.17, 15) is 18.4 Å². The first-order valence-corrected chi connectivity index (χ1v) is 9.03. The number of carbonyl (C=O) groups excluding carboxylic acids is 2. The van der Waals surface area contributed by atoms with Crippen molar-refractivity contribution in [2.75, 3.05) is 11.9 Å². The summed E-state index contributed by atoms with van der Waals surface area (Å²) in [6.07, 6.45) is 0.381. The molecule has 6 nitrogen and oxygen atoms in total. The molecule has 8 heteroatoms. The van der Waals surface area contributed by atoms with Gasteiger partial charge in [-0.1, -0.05) is 25.9 Å². The lowest BCUT2D eigenvalue weighted by Gasteiger charge is -2.42. The van der Waals surface area contributed by atoms with E-state index >= 15 is 0 Å². The number of hydrogen-bond donors (Lipinski definition) is 1. The van der Waals surface area contributed by atoms with E-state index in [0.29, 0.717) is 13.0 Å². The summed E-state index contributed by atoms with van der Waals surface area (Å²) in [5, 5.41) is 6.60. The van der Waals surface area contributed by atoms with Crippen molar-refractivity contribution in [3.8, 4) is 0 Å². The van der Waals surface area contributed by atoms with Crippen LogP contribution in [0.1, 0.15) is 58.6 Å². The minimum atomic E-state index is -2.67. The number of hydrogen-bond acceptors (Lipinski definition) is 4. The second-order valence-corrected chi connectivity index (χ2v) is 8.28. The molecule has 1 aliphatic carbocycles. The second kappa shape index (κ2) is 6.63. The minimum absolute atomic E-state index is 0.174. The summed E-state index contributed by atoms with van der Waals surface area (Å²) in [4.78, 5) is 26.5. The van der Waals surface area contributed by atoms with E-state index in [1.54, 1.807) is 6.07 Å². The number of nitrogens with zero attached hydrogens (tertiary/aromatic N) is 2. The summed E-state index contributed by atoms with van der Waals surface area (Å²) in [7, 11) is 0. The highest BCUT2D eigenvalue weighted by atomic mass is 19.3. The number of rotatable bonds is 3. The van der Waals surface area contributed by atoms with Crippen molar-refractivity contribution >= 4 is 17.7 Å². The van der Waals surface area contributed by atoms with Gasteiger partial charge in [0.1, 0.15) is 6.04 Å². The van der Waals surface area contributed by atoms with E-state index < -0.39 is 17.9 Å². The van der Waals surface area contributed by atoms with Gasteiger partial charge in [-0.25, -0.2) is 8.78 Å². The lowest BCUT2D eigenvalue weighted by Crippen LogP contribution is -2.58. The van der Waals surface area contributed by atoms with E-state index in [1.807, 2.05) is 20.8 Å². The summed E-state index contributed by atoms with van der Waals surface area (Å²) in [6.45, 7) is 6.43. The van der Waals surface area contributed by atoms with Gasteiger partial charge in [-0.2, -0.15) is 0 Å². The highest BCUT2D eigenvalue weighted by molar-refractivity contribution is 5.97. The van der Waals surface area contributed by atoms with Crippen LogP contribution in [0.4, 0.5) is 14.7 Å². The fourth-order valence-corrected chi connectivity index (χ4v) is 3.34. The molecule has 1 aromatic rings. The van der Waals surface area contributed by atoms with Crippen molar-refractivity contribution in [2.45, 2.75) is 70.3 Å². The smallest absolute Gasteiger partial charge is 0.249 e. The number of carbonyl (C=O) groups is 2. The number of anilines is 1. The minimum Gasteiger partial charge on any atom is -0.338 e. The molecule has 2 heterocycles. The molecule has 1 unspecified atom stereocenters. The van der Waals surface area contributed by atoms with Crippen LogP contribution in [0.15, 0.2) is 10.6 Å². The van der Waals surface area contributed by atoms with Crippen LogP contribution in [0.3, 0.4) is 0 Å². The Labute approximate surface area is 151 Å². The highest BCUT2D eigenvalue weighted by Gasteiger charge is 2.44. The Balaban J connectivity index is 1.57. The standard InChI is InChI=1S/C18H25F2N3O3/c1-17(2,3)13-10-14(26-22-13)21-15(24)12-6-9-23(12)16(25)11-4-7-18(19,20)8-5-11/h10-12H,4-9H2,1-3H3,(H,21,24). The topological polar surface area (TPSA) is 75.4 Å². The van der Waals surface area contributed by atoms with Gasteiger partial charge >= 0.3 is 0 Å². The fraction of sp³-hybridized carbons (Fsp3) is 0.722. The summed E-state index contributed by atoms with van der Waals surface area (Å²) in [6, 6.07) is 1.10. The lowest BCUT2D eigenvalue weighted by molar-refractivity contribution is -0.152. The molecule has 144 valence electrons. The molecule has 1 atom stereocenters. The second-order valence-electron chi connectivity index (χ2n) is 8.28. The van der Waals surface area contributed by atoms with Gasteiger partial charge in [0.25, 0.3) is 0 Å². The molecule has 3 rings (SSSR count). The van der Waals surface area contributed by atoms with E-state index in [1.165, 1.54) is 4.90 Å². The van der Waals surface area contributed by atoms with E-state index in [-0.39, 0.29) is 48.8 Å². The molecular formula is C18H25F2N3O3. The summed E-state index contributed by atoms with van der Waals surface area (Å²) < 4.78 is 31.7. The molecule has 2 amide bonds. The molecule has 1 aliphatic heterocycles. The average Bonchev–Trinajstić information content (AvgIpc) is 2.94. The van der Waals surface area contributed by atoms with Crippen LogP contribution in [0, 0.1) is 5.92 Å². The van der Waals surface area contributed by atoms with Gasteiger partial charge < -0.3 is 9.42 Å². The van der Waals surface area contributed by atoms with Crippen LogP contribution < -0.4 is 5.32 Å². The van der Waals surface area contributed by atoms with Crippen LogP contribution in [0.25, 0.3) is 0 Å². The van der Waals surface area contributed by atoms with Gasteiger partial charge in [-0.05, 0) is 19.3 Å². The third-order valence-electron chi connectivity index (χ3n) is 5.20. The first-order valence-electron chi connectivity index (χ1n) is 9.03. The van der Waals surface area contributed by atoms with Gasteiger partial charge in [-0.15, -0.1) is 0 Å². The molecule has 1 saturated carbocycles. The Bertz CT molecular complexity index is 686. The number of halogens is 2. The molecule has 2 aliphatic rings. The quantitative estimate of drug-likeness (QED) is 0.887. The molecule has 2 fully saturated rings. The Morgan fingerprint density at radius 3 is 2.42 bits per heavy atom. The molecule has 1 saturated heterocycles. The Morgan fingerprint density at radius 1 is 1.27 bits per heavy atom. The number of alkyl halides is 2. The lowest BCUT2D eigenvalue weighted by atomic mass is 9.84. The van der Waals surface area contributed by atoms with Gasteiger partial charge in [0.15, 0.2) is 0 Å². The van der Waals surface area contributed by atoms with Crippen LogP contribution in [-0.4, -0.2) is 40.4 Å². The van der Waals surface area contributed by atoms with Crippen molar-refractivity contribution in [3.05, 3.63) is 11.8 Å². The zero-order valence-corrected chi connectivity index (χ0v) is 15.3. The predicted octanol–water partition coefficient (Wildman–Crippen LogP) is 3.34. The number of amides is 2. The molecule has 1 aromatic heterocycles. The summed E-state index contributed by atoms with van der Waals surface area (Å²) in [5.74, 6) is -3.36. The van der Waals surface area contributed by atoms with Crippen molar-refractivity contribution < 1.29 is 22.9 Å². The van der Waals surface area contributed by atoms with Crippen LogP contribution in [0.2, 0.25) is 0 Å². The number of aromatic nitrogens is 1. The highest BCUT2D eigenvalue weighted by Crippen LogP contribution is 2.38.